The van der Waals surface area contributed by atoms with Crippen molar-refractivity contribution in [2.45, 2.75) is 0 Å². The first-order valence-corrected chi connectivity index (χ1v) is 7.92. The number of rotatable bonds is 2. The molecule has 7 heteroatoms. The van der Waals surface area contributed by atoms with Gasteiger partial charge >= 0.3 is 0 Å². The van der Waals surface area contributed by atoms with Gasteiger partial charge in [-0.25, -0.2) is 4.39 Å². The molecule has 0 aliphatic carbocycles. The second-order valence-electron chi connectivity index (χ2n) is 4.66. The summed E-state index contributed by atoms with van der Waals surface area (Å²) in [6.45, 7) is 0. The van der Waals surface area contributed by atoms with Crippen LogP contribution in [0.3, 0.4) is 0 Å². The molecule has 1 fully saturated rings. The number of nitrogens with zero attached hydrogens (tertiary/aromatic N) is 2. The van der Waals surface area contributed by atoms with E-state index in [2.05, 4.69) is 0 Å². The molecule has 2 heterocycles. The molecule has 0 spiro atoms. The highest BCUT2D eigenvalue weighted by atomic mass is 35.5. The average molecular weight is 353 g/mol. The Morgan fingerprint density at radius 2 is 2.14 bits per heavy atom. The number of thiocarbonyl (C=S) groups is 1. The molecule has 1 saturated heterocycles. The van der Waals surface area contributed by atoms with Gasteiger partial charge in [-0.2, -0.15) is 0 Å². The summed E-state index contributed by atoms with van der Waals surface area (Å²) in [5, 5.41) is -0.0436. The van der Waals surface area contributed by atoms with E-state index in [1.165, 1.54) is 34.9 Å². The van der Waals surface area contributed by atoms with Crippen molar-refractivity contribution < 1.29 is 9.18 Å². The fraction of sp³-hybridized carbons (Fsp3) is 0.0667. The van der Waals surface area contributed by atoms with Gasteiger partial charge in [-0.15, -0.1) is 0 Å². The number of aryl methyl sites for hydroxylation is 1. The Labute approximate surface area is 141 Å². The number of halogens is 2. The lowest BCUT2D eigenvalue weighted by atomic mass is 10.2. The molecular weight excluding hydrogens is 343 g/mol. The van der Waals surface area contributed by atoms with E-state index in [9.17, 15) is 9.18 Å². The van der Waals surface area contributed by atoms with E-state index in [4.69, 9.17) is 23.8 Å². The highest BCUT2D eigenvalue weighted by Crippen LogP contribution is 2.37. The maximum Gasteiger partial charge on any atom is 0.270 e. The molecule has 1 amide bonds. The van der Waals surface area contributed by atoms with Crippen LogP contribution < -0.4 is 4.90 Å². The third-order valence-corrected chi connectivity index (χ3v) is 4.81. The van der Waals surface area contributed by atoms with Gasteiger partial charge in [0, 0.05) is 18.9 Å². The molecule has 1 aromatic carbocycles. The third-order valence-electron chi connectivity index (χ3n) is 3.22. The van der Waals surface area contributed by atoms with Crippen molar-refractivity contribution in [1.29, 1.82) is 0 Å². The van der Waals surface area contributed by atoms with Crippen LogP contribution >= 0.6 is 35.6 Å². The van der Waals surface area contributed by atoms with Crippen LogP contribution in [0.4, 0.5) is 10.1 Å². The van der Waals surface area contributed by atoms with Gasteiger partial charge in [0.2, 0.25) is 0 Å². The van der Waals surface area contributed by atoms with Crippen molar-refractivity contribution in [1.82, 2.24) is 4.57 Å². The lowest BCUT2D eigenvalue weighted by Crippen LogP contribution is -2.27. The van der Waals surface area contributed by atoms with Crippen LogP contribution in [0.25, 0.3) is 6.08 Å². The van der Waals surface area contributed by atoms with Gasteiger partial charge in [-0.3, -0.25) is 9.69 Å². The Morgan fingerprint density at radius 3 is 2.77 bits per heavy atom. The first-order valence-electron chi connectivity index (χ1n) is 6.32. The van der Waals surface area contributed by atoms with E-state index in [0.717, 1.165) is 5.69 Å². The van der Waals surface area contributed by atoms with Crippen LogP contribution in [0.5, 0.6) is 0 Å². The van der Waals surface area contributed by atoms with Gasteiger partial charge in [0.15, 0.2) is 4.32 Å². The van der Waals surface area contributed by atoms with Gasteiger partial charge < -0.3 is 4.57 Å². The molecule has 0 atom stereocenters. The Balaban J connectivity index is 1.96. The molecule has 112 valence electrons. The zero-order chi connectivity index (χ0) is 15.9. The second kappa shape index (κ2) is 5.87. The number of benzene rings is 1. The van der Waals surface area contributed by atoms with Crippen LogP contribution in [-0.4, -0.2) is 14.8 Å². The molecule has 1 aliphatic heterocycles. The fourth-order valence-electron chi connectivity index (χ4n) is 2.07. The van der Waals surface area contributed by atoms with Crippen LogP contribution in [0, 0.1) is 5.82 Å². The predicted molar refractivity (Wildman–Crippen MR) is 92.5 cm³/mol. The van der Waals surface area contributed by atoms with Crippen molar-refractivity contribution in [2.75, 3.05) is 4.90 Å². The normalized spacial score (nSPS) is 16.9. The minimum atomic E-state index is -0.532. The van der Waals surface area contributed by atoms with E-state index in [0.29, 0.717) is 14.9 Å². The maximum absolute atomic E-state index is 13.3. The van der Waals surface area contributed by atoms with Crippen LogP contribution in [0.1, 0.15) is 5.69 Å². The molecule has 1 aliphatic rings. The van der Waals surface area contributed by atoms with Gasteiger partial charge in [0.05, 0.1) is 15.6 Å². The Hall–Kier alpha value is -1.63. The number of thioether (sulfide) groups is 1. The van der Waals surface area contributed by atoms with E-state index in [1.807, 2.05) is 29.9 Å². The van der Waals surface area contributed by atoms with Crippen molar-refractivity contribution in [2.24, 2.45) is 7.05 Å². The number of amides is 1. The molecule has 3 rings (SSSR count). The molecule has 0 N–H and O–H groups in total. The lowest BCUT2D eigenvalue weighted by molar-refractivity contribution is -0.113. The summed E-state index contributed by atoms with van der Waals surface area (Å²) in [4.78, 5) is 14.4. The molecule has 3 nitrogen and oxygen atoms in total. The number of carbonyl (C=O) groups is 1. The minimum Gasteiger partial charge on any atom is -0.351 e. The quantitative estimate of drug-likeness (QED) is 0.597. The molecule has 0 unspecified atom stereocenters. The Kier molecular flexibility index (Phi) is 4.08. The van der Waals surface area contributed by atoms with Crippen molar-refractivity contribution in [3.8, 4) is 0 Å². The smallest absolute Gasteiger partial charge is 0.270 e. The monoisotopic (exact) mass is 352 g/mol. The molecule has 0 saturated carbocycles. The molecule has 22 heavy (non-hydrogen) atoms. The number of hydrogen-bond acceptors (Lipinski definition) is 3. The molecule has 0 radical (unpaired) electrons. The first kappa shape index (κ1) is 15.3. The fourth-order valence-corrected chi connectivity index (χ4v) is 3.53. The van der Waals surface area contributed by atoms with E-state index >= 15 is 0 Å². The lowest BCUT2D eigenvalue weighted by Gasteiger charge is -2.14. The average Bonchev–Trinajstić information content (AvgIpc) is 2.99. The molecular formula is C15H10ClFN2OS2. The summed E-state index contributed by atoms with van der Waals surface area (Å²) in [5.74, 6) is -0.769. The summed E-state index contributed by atoms with van der Waals surface area (Å²) >= 11 is 12.3. The van der Waals surface area contributed by atoms with Crippen LogP contribution in [0.2, 0.25) is 5.02 Å². The summed E-state index contributed by atoms with van der Waals surface area (Å²) in [6.07, 6.45) is 3.68. The van der Waals surface area contributed by atoms with Gasteiger partial charge in [0.25, 0.3) is 5.91 Å². The molecule has 0 bridgehead atoms. The summed E-state index contributed by atoms with van der Waals surface area (Å²) < 4.78 is 15.6. The SMILES string of the molecule is Cn1cccc1/C=C1/SC(=S)N(c2ccc(F)c(Cl)c2)C1=O. The molecule has 1 aromatic heterocycles. The Morgan fingerprint density at radius 1 is 1.36 bits per heavy atom. The van der Waals surface area contributed by atoms with Gasteiger partial charge in [0.1, 0.15) is 5.82 Å². The van der Waals surface area contributed by atoms with Crippen LogP contribution in [0.15, 0.2) is 41.4 Å². The van der Waals surface area contributed by atoms with Crippen molar-refractivity contribution in [3.05, 3.63) is 58.0 Å². The third kappa shape index (κ3) is 2.69. The predicted octanol–water partition coefficient (Wildman–Crippen LogP) is 4.22. The van der Waals surface area contributed by atoms with Gasteiger partial charge in [-0.1, -0.05) is 35.6 Å². The summed E-state index contributed by atoms with van der Waals surface area (Å²) in [5.41, 5.74) is 1.36. The number of aromatic nitrogens is 1. The number of carbonyl (C=O) groups excluding carboxylic acids is 1. The van der Waals surface area contributed by atoms with E-state index in [1.54, 1.807) is 6.08 Å². The Bertz CT molecular complexity index is 816. The zero-order valence-corrected chi connectivity index (χ0v) is 13.8. The summed E-state index contributed by atoms with van der Waals surface area (Å²) in [6, 6.07) is 7.90. The van der Waals surface area contributed by atoms with E-state index < -0.39 is 5.82 Å². The van der Waals surface area contributed by atoms with Gasteiger partial charge in [-0.05, 0) is 36.4 Å². The highest BCUT2D eigenvalue weighted by molar-refractivity contribution is 8.27. The largest absolute Gasteiger partial charge is 0.351 e. The topological polar surface area (TPSA) is 25.2 Å². The van der Waals surface area contributed by atoms with Crippen molar-refractivity contribution >= 4 is 57.6 Å². The molecule has 2 aromatic rings. The maximum atomic E-state index is 13.3. The summed E-state index contributed by atoms with van der Waals surface area (Å²) in [7, 11) is 1.90. The number of hydrogen-bond donors (Lipinski definition) is 0. The van der Waals surface area contributed by atoms with E-state index in [-0.39, 0.29) is 10.9 Å². The van der Waals surface area contributed by atoms with Crippen LogP contribution in [-0.2, 0) is 11.8 Å². The highest BCUT2D eigenvalue weighted by Gasteiger charge is 2.33. The minimum absolute atomic E-state index is 0.0436. The zero-order valence-electron chi connectivity index (χ0n) is 11.4. The van der Waals surface area contributed by atoms with Crippen molar-refractivity contribution in [3.63, 3.8) is 0 Å². The first-order chi connectivity index (χ1) is 10.5. The standard InChI is InChI=1S/C15H10ClFN2OS2/c1-18-6-2-3-9(18)8-13-14(20)19(15(21)22-13)10-4-5-12(17)11(16)7-10/h2-8H,1H3/b13-8+. The number of anilines is 1. The second-order valence-corrected chi connectivity index (χ2v) is 6.74.